The summed E-state index contributed by atoms with van der Waals surface area (Å²) in [6, 6.07) is 0.411. The molecule has 2 rings (SSSR count). The van der Waals surface area contributed by atoms with Gasteiger partial charge in [-0.25, -0.2) is 0 Å². The van der Waals surface area contributed by atoms with E-state index in [9.17, 15) is 5.21 Å². The number of rotatable bonds is 1. The first-order valence-electron chi connectivity index (χ1n) is 5.10. The largest absolute Gasteiger partial charge is 0.633 e. The molecule has 0 aromatic carbocycles. The van der Waals surface area contributed by atoms with E-state index < -0.39 is 0 Å². The predicted octanol–water partition coefficient (Wildman–Crippen LogP) is 1.27. The van der Waals surface area contributed by atoms with E-state index in [1.807, 2.05) is 0 Å². The van der Waals surface area contributed by atoms with Crippen LogP contribution >= 0.6 is 12.4 Å². The molecule has 2 fully saturated rings. The van der Waals surface area contributed by atoms with Crippen LogP contribution < -0.4 is 5.32 Å². The summed E-state index contributed by atoms with van der Waals surface area (Å²) >= 11 is 0. The van der Waals surface area contributed by atoms with Crippen molar-refractivity contribution in [1.29, 1.82) is 0 Å². The van der Waals surface area contributed by atoms with Crippen LogP contribution in [0.2, 0.25) is 0 Å². The minimum atomic E-state index is 0. The van der Waals surface area contributed by atoms with Crippen molar-refractivity contribution in [2.24, 2.45) is 0 Å². The summed E-state index contributed by atoms with van der Waals surface area (Å²) in [5.41, 5.74) is 0. The fourth-order valence-corrected chi connectivity index (χ4v) is 2.51. The summed E-state index contributed by atoms with van der Waals surface area (Å²) < 4.78 is 0.127. The monoisotopic (exact) mass is 206 g/mol. The molecule has 0 aliphatic carbocycles. The minimum Gasteiger partial charge on any atom is -0.633 e. The first kappa shape index (κ1) is 11.2. The van der Waals surface area contributed by atoms with E-state index in [0.717, 1.165) is 51.9 Å². The minimum absolute atomic E-state index is 0. The lowest BCUT2D eigenvalue weighted by molar-refractivity contribution is -0.894. The Labute approximate surface area is 86.1 Å². The van der Waals surface area contributed by atoms with Gasteiger partial charge in [-0.1, -0.05) is 0 Å². The number of hydrogen-bond donors (Lipinski definition) is 1. The molecule has 0 saturated carbocycles. The average molecular weight is 207 g/mol. The summed E-state index contributed by atoms with van der Waals surface area (Å²) in [7, 11) is 0. The van der Waals surface area contributed by atoms with Gasteiger partial charge >= 0.3 is 0 Å². The Kier molecular flexibility index (Phi) is 3.98. The lowest BCUT2D eigenvalue weighted by atomic mass is 10.1. The smallest absolute Gasteiger partial charge is 0.0912 e. The highest BCUT2D eigenvalue weighted by molar-refractivity contribution is 5.85. The lowest BCUT2D eigenvalue weighted by Crippen LogP contribution is -2.52. The van der Waals surface area contributed by atoms with Crippen LogP contribution in [0.5, 0.6) is 0 Å². The fraction of sp³-hybridized carbons (Fsp3) is 1.00. The van der Waals surface area contributed by atoms with Gasteiger partial charge in [0.05, 0.1) is 19.1 Å². The number of halogens is 1. The molecule has 0 unspecified atom stereocenters. The van der Waals surface area contributed by atoms with Gasteiger partial charge in [-0.05, 0) is 0 Å². The van der Waals surface area contributed by atoms with Crippen molar-refractivity contribution in [3.8, 4) is 0 Å². The molecule has 0 amide bonds. The molecule has 0 aromatic rings. The molecule has 2 aliphatic rings. The maximum atomic E-state index is 12.2. The second kappa shape index (κ2) is 4.60. The quantitative estimate of drug-likeness (QED) is 0.518. The molecule has 0 aromatic heterocycles. The van der Waals surface area contributed by atoms with E-state index in [0.29, 0.717) is 6.04 Å². The number of piperidine rings is 1. The molecule has 1 N–H and O–H groups in total. The highest BCUT2D eigenvalue weighted by Crippen LogP contribution is 2.26. The third-order valence-electron chi connectivity index (χ3n) is 3.30. The Morgan fingerprint density at radius 3 is 2.15 bits per heavy atom. The fourth-order valence-electron chi connectivity index (χ4n) is 2.51. The van der Waals surface area contributed by atoms with Crippen LogP contribution in [0.3, 0.4) is 0 Å². The third-order valence-corrected chi connectivity index (χ3v) is 3.30. The molecule has 0 spiro atoms. The van der Waals surface area contributed by atoms with Crippen molar-refractivity contribution in [2.75, 3.05) is 26.2 Å². The van der Waals surface area contributed by atoms with E-state index in [2.05, 4.69) is 5.32 Å². The molecule has 2 heterocycles. The SMILES string of the molecule is Cl.[O-][N+]1(C2CCNCC2)CCCC1. The first-order valence-corrected chi connectivity index (χ1v) is 5.10. The average Bonchev–Trinajstić information content (AvgIpc) is 2.55. The van der Waals surface area contributed by atoms with Crippen molar-refractivity contribution in [2.45, 2.75) is 31.7 Å². The molecule has 78 valence electrons. The maximum absolute atomic E-state index is 12.2. The van der Waals surface area contributed by atoms with Crippen molar-refractivity contribution in [3.05, 3.63) is 5.21 Å². The Bertz CT molecular complexity index is 154. The van der Waals surface area contributed by atoms with E-state index in [1.165, 1.54) is 0 Å². The molecule has 0 radical (unpaired) electrons. The summed E-state index contributed by atoms with van der Waals surface area (Å²) in [6.07, 6.45) is 4.47. The molecular formula is C9H19ClN2O. The number of nitrogens with one attached hydrogen (secondary N) is 1. The van der Waals surface area contributed by atoms with E-state index in [4.69, 9.17) is 0 Å². The Morgan fingerprint density at radius 1 is 1.08 bits per heavy atom. The molecule has 2 aliphatic heterocycles. The van der Waals surface area contributed by atoms with Gasteiger partial charge in [-0.3, -0.25) is 0 Å². The van der Waals surface area contributed by atoms with Gasteiger partial charge < -0.3 is 15.2 Å². The number of hydroxylamine groups is 3. The van der Waals surface area contributed by atoms with Crippen molar-refractivity contribution >= 4 is 12.4 Å². The maximum Gasteiger partial charge on any atom is 0.0912 e. The van der Waals surface area contributed by atoms with Gasteiger partial charge in [0.1, 0.15) is 0 Å². The zero-order chi connectivity index (χ0) is 8.44. The van der Waals surface area contributed by atoms with Crippen LogP contribution in [0.25, 0.3) is 0 Å². The first-order chi connectivity index (χ1) is 5.81. The second-order valence-electron chi connectivity index (χ2n) is 4.09. The Morgan fingerprint density at radius 2 is 1.62 bits per heavy atom. The van der Waals surface area contributed by atoms with Crippen LogP contribution in [0.15, 0.2) is 0 Å². The summed E-state index contributed by atoms with van der Waals surface area (Å²) in [5, 5.41) is 15.5. The van der Waals surface area contributed by atoms with E-state index >= 15 is 0 Å². The van der Waals surface area contributed by atoms with Crippen LogP contribution in [-0.2, 0) is 0 Å². The van der Waals surface area contributed by atoms with Gasteiger partial charge in [0.25, 0.3) is 0 Å². The highest BCUT2D eigenvalue weighted by Gasteiger charge is 2.32. The number of nitrogens with zero attached hydrogens (tertiary/aromatic N) is 1. The lowest BCUT2D eigenvalue weighted by Gasteiger charge is -2.47. The summed E-state index contributed by atoms with van der Waals surface area (Å²) in [4.78, 5) is 0. The standard InChI is InChI=1S/C9H18N2O.ClH/c12-11(7-1-2-8-11)9-3-5-10-6-4-9;/h9-10H,1-8H2;1H. The molecule has 0 atom stereocenters. The Balaban J connectivity index is 0.000000845. The highest BCUT2D eigenvalue weighted by atomic mass is 35.5. The molecule has 13 heavy (non-hydrogen) atoms. The topological polar surface area (TPSA) is 35.1 Å². The van der Waals surface area contributed by atoms with Crippen molar-refractivity contribution in [1.82, 2.24) is 5.32 Å². The van der Waals surface area contributed by atoms with Crippen LogP contribution in [0.4, 0.5) is 0 Å². The molecule has 2 saturated heterocycles. The van der Waals surface area contributed by atoms with Crippen LogP contribution in [0.1, 0.15) is 25.7 Å². The van der Waals surface area contributed by atoms with Crippen LogP contribution in [0, 0.1) is 5.21 Å². The normalized spacial score (nSPS) is 28.4. The second-order valence-corrected chi connectivity index (χ2v) is 4.09. The Hall–Kier alpha value is 0.170. The number of hydrogen-bond acceptors (Lipinski definition) is 2. The van der Waals surface area contributed by atoms with Crippen LogP contribution in [-0.4, -0.2) is 36.9 Å². The van der Waals surface area contributed by atoms with Gasteiger partial charge in [-0.2, -0.15) is 0 Å². The van der Waals surface area contributed by atoms with Gasteiger partial charge in [0.2, 0.25) is 0 Å². The van der Waals surface area contributed by atoms with Gasteiger partial charge in [0.15, 0.2) is 0 Å². The summed E-state index contributed by atoms with van der Waals surface area (Å²) in [5.74, 6) is 0. The summed E-state index contributed by atoms with van der Waals surface area (Å²) in [6.45, 7) is 3.86. The zero-order valence-electron chi connectivity index (χ0n) is 8.00. The molecular weight excluding hydrogens is 188 g/mol. The number of quaternary nitrogens is 1. The van der Waals surface area contributed by atoms with E-state index in [-0.39, 0.29) is 17.1 Å². The third kappa shape index (κ3) is 2.34. The number of likely N-dealkylation sites (tertiary alicyclic amines) is 1. The van der Waals surface area contributed by atoms with Gasteiger partial charge in [0, 0.05) is 38.8 Å². The molecule has 3 nitrogen and oxygen atoms in total. The van der Waals surface area contributed by atoms with Crippen molar-refractivity contribution < 1.29 is 4.65 Å². The zero-order valence-corrected chi connectivity index (χ0v) is 8.81. The molecule has 0 bridgehead atoms. The van der Waals surface area contributed by atoms with Gasteiger partial charge in [-0.15, -0.1) is 12.4 Å². The predicted molar refractivity (Wildman–Crippen MR) is 55.7 cm³/mol. The van der Waals surface area contributed by atoms with E-state index in [1.54, 1.807) is 0 Å². The van der Waals surface area contributed by atoms with Crippen molar-refractivity contribution in [3.63, 3.8) is 0 Å². The molecule has 4 heteroatoms.